The Morgan fingerprint density at radius 3 is 2.32 bits per heavy atom. The van der Waals surface area contributed by atoms with Crippen molar-refractivity contribution < 1.29 is 14.7 Å². The lowest BCUT2D eigenvalue weighted by molar-refractivity contribution is -0.128. The van der Waals surface area contributed by atoms with Crippen molar-refractivity contribution in [2.75, 3.05) is 13.6 Å². The molecule has 0 aliphatic heterocycles. The summed E-state index contributed by atoms with van der Waals surface area (Å²) >= 11 is 0. The lowest BCUT2D eigenvalue weighted by Crippen LogP contribution is -2.51. The highest BCUT2D eigenvalue weighted by molar-refractivity contribution is 5.89. The molecule has 0 saturated heterocycles. The number of amides is 2. The van der Waals surface area contributed by atoms with E-state index in [9.17, 15) is 14.7 Å². The highest BCUT2D eigenvalue weighted by Crippen LogP contribution is 2.11. The molecule has 9 heteroatoms. The zero-order valence-corrected chi connectivity index (χ0v) is 14.2. The predicted molar refractivity (Wildman–Crippen MR) is 95.7 cm³/mol. The number of carbonyl (C=O) groups is 2. The number of likely N-dealkylation sites (N-methyl/N-ethyl adjacent to an activating group) is 1. The summed E-state index contributed by atoms with van der Waals surface area (Å²) in [5, 5.41) is 14.9. The number of aliphatic imine (C=N–C) groups is 1. The number of hydrogen-bond donors (Lipinski definition) is 6. The van der Waals surface area contributed by atoms with E-state index in [1.165, 1.54) is 0 Å². The standard InChI is InChI=1S/C16H26N6O3/c1-20-13(9-10-4-6-11(23)7-5-10)15(25)22-12(14(17)24)3-2-8-21-16(18)19/h4-7,12-13,20,23H,2-3,8-9H2,1H3,(H2,17,24)(H,22,25)(H4,18,19,21)/t12-,13-/m0/s1. The summed E-state index contributed by atoms with van der Waals surface area (Å²) in [5.74, 6) is -0.814. The van der Waals surface area contributed by atoms with Crippen LogP contribution in [0.1, 0.15) is 18.4 Å². The van der Waals surface area contributed by atoms with Crippen LogP contribution >= 0.6 is 0 Å². The minimum absolute atomic E-state index is 0.0243. The molecule has 1 rings (SSSR count). The van der Waals surface area contributed by atoms with E-state index in [1.54, 1.807) is 31.3 Å². The number of benzene rings is 1. The van der Waals surface area contributed by atoms with Gasteiger partial charge < -0.3 is 32.9 Å². The highest BCUT2D eigenvalue weighted by Gasteiger charge is 2.23. The monoisotopic (exact) mass is 350 g/mol. The van der Waals surface area contributed by atoms with Crippen molar-refractivity contribution in [2.45, 2.75) is 31.3 Å². The second-order valence-electron chi connectivity index (χ2n) is 5.62. The van der Waals surface area contributed by atoms with Gasteiger partial charge in [0.25, 0.3) is 0 Å². The van der Waals surface area contributed by atoms with E-state index in [4.69, 9.17) is 17.2 Å². The maximum Gasteiger partial charge on any atom is 0.240 e. The fraction of sp³-hybridized carbons (Fsp3) is 0.438. The molecule has 0 fully saturated rings. The van der Waals surface area contributed by atoms with Gasteiger partial charge in [-0.25, -0.2) is 0 Å². The summed E-state index contributed by atoms with van der Waals surface area (Å²) in [7, 11) is 1.66. The van der Waals surface area contributed by atoms with Crippen molar-refractivity contribution >= 4 is 17.8 Å². The third-order valence-electron chi connectivity index (χ3n) is 3.65. The van der Waals surface area contributed by atoms with Crippen LogP contribution in [-0.2, 0) is 16.0 Å². The Labute approximate surface area is 146 Å². The number of rotatable bonds is 10. The van der Waals surface area contributed by atoms with Gasteiger partial charge >= 0.3 is 0 Å². The molecule has 138 valence electrons. The molecule has 0 saturated carbocycles. The van der Waals surface area contributed by atoms with Crippen LogP contribution in [0.3, 0.4) is 0 Å². The summed E-state index contributed by atoms with van der Waals surface area (Å²) < 4.78 is 0. The Morgan fingerprint density at radius 1 is 1.16 bits per heavy atom. The normalized spacial score (nSPS) is 12.8. The molecule has 9 nitrogen and oxygen atoms in total. The van der Waals surface area contributed by atoms with E-state index in [1.807, 2.05) is 0 Å². The Hall–Kier alpha value is -2.81. The molecule has 0 spiro atoms. The van der Waals surface area contributed by atoms with E-state index in [0.717, 1.165) is 5.56 Å². The first-order valence-corrected chi connectivity index (χ1v) is 7.93. The number of nitrogens with two attached hydrogens (primary N) is 3. The van der Waals surface area contributed by atoms with Gasteiger partial charge in [0, 0.05) is 6.54 Å². The SMILES string of the molecule is CN[C@@H](Cc1ccc(O)cc1)C(=O)N[C@@H](CCCN=C(N)N)C(N)=O. The smallest absolute Gasteiger partial charge is 0.240 e. The number of primary amides is 1. The number of guanidine groups is 1. The molecule has 0 aliphatic carbocycles. The zero-order valence-electron chi connectivity index (χ0n) is 14.2. The lowest BCUT2D eigenvalue weighted by Gasteiger charge is -2.20. The molecular formula is C16H26N6O3. The fourth-order valence-electron chi connectivity index (χ4n) is 2.26. The van der Waals surface area contributed by atoms with Crippen LogP contribution in [0.4, 0.5) is 0 Å². The molecule has 0 radical (unpaired) electrons. The second kappa shape index (κ2) is 10.1. The van der Waals surface area contributed by atoms with Gasteiger partial charge in [0.1, 0.15) is 11.8 Å². The van der Waals surface area contributed by atoms with Crippen molar-refractivity contribution in [2.24, 2.45) is 22.2 Å². The van der Waals surface area contributed by atoms with Gasteiger partial charge in [-0.1, -0.05) is 12.1 Å². The number of nitrogens with zero attached hydrogens (tertiary/aromatic N) is 1. The van der Waals surface area contributed by atoms with Crippen molar-refractivity contribution in [3.05, 3.63) is 29.8 Å². The number of hydrogen-bond acceptors (Lipinski definition) is 5. The number of carbonyl (C=O) groups excluding carboxylic acids is 2. The van der Waals surface area contributed by atoms with Crippen LogP contribution in [0.15, 0.2) is 29.3 Å². The molecule has 1 aromatic rings. The Kier molecular flexibility index (Phi) is 8.21. The molecule has 0 aromatic heterocycles. The summed E-state index contributed by atoms with van der Waals surface area (Å²) in [5.41, 5.74) is 16.7. The molecule has 2 amide bonds. The van der Waals surface area contributed by atoms with Gasteiger partial charge in [-0.2, -0.15) is 0 Å². The average molecular weight is 350 g/mol. The largest absolute Gasteiger partial charge is 0.508 e. The van der Waals surface area contributed by atoms with Crippen molar-refractivity contribution in [3.63, 3.8) is 0 Å². The Bertz CT molecular complexity index is 598. The minimum atomic E-state index is -0.794. The summed E-state index contributed by atoms with van der Waals surface area (Å²) in [6, 6.07) is 5.23. The summed E-state index contributed by atoms with van der Waals surface area (Å²) in [6.45, 7) is 0.352. The van der Waals surface area contributed by atoms with Gasteiger partial charge in [0.05, 0.1) is 6.04 Å². The van der Waals surface area contributed by atoms with Crippen molar-refractivity contribution in [3.8, 4) is 5.75 Å². The van der Waals surface area contributed by atoms with Crippen LogP contribution in [0.25, 0.3) is 0 Å². The molecule has 9 N–H and O–H groups in total. The van der Waals surface area contributed by atoms with Crippen LogP contribution in [0.5, 0.6) is 5.75 Å². The predicted octanol–water partition coefficient (Wildman–Crippen LogP) is -1.45. The first-order valence-electron chi connectivity index (χ1n) is 7.93. The van der Waals surface area contributed by atoms with Gasteiger partial charge in [0.2, 0.25) is 11.8 Å². The van der Waals surface area contributed by atoms with Crippen LogP contribution in [0, 0.1) is 0 Å². The van der Waals surface area contributed by atoms with Crippen molar-refractivity contribution in [1.29, 1.82) is 0 Å². The number of phenolic OH excluding ortho intramolecular Hbond substituents is 1. The molecule has 0 aliphatic rings. The summed E-state index contributed by atoms with van der Waals surface area (Å²) in [4.78, 5) is 27.8. The molecule has 25 heavy (non-hydrogen) atoms. The van der Waals surface area contributed by atoms with Crippen LogP contribution < -0.4 is 27.8 Å². The summed E-state index contributed by atoms with van der Waals surface area (Å²) in [6.07, 6.45) is 1.25. The number of nitrogens with one attached hydrogen (secondary N) is 2. The lowest BCUT2D eigenvalue weighted by atomic mass is 10.0. The molecule has 2 atom stereocenters. The average Bonchev–Trinajstić information content (AvgIpc) is 2.56. The van der Waals surface area contributed by atoms with Gasteiger partial charge in [-0.3, -0.25) is 14.6 Å². The maximum atomic E-state index is 12.4. The van der Waals surface area contributed by atoms with Crippen molar-refractivity contribution in [1.82, 2.24) is 10.6 Å². The van der Waals surface area contributed by atoms with E-state index in [2.05, 4.69) is 15.6 Å². The Morgan fingerprint density at radius 2 is 1.80 bits per heavy atom. The van der Waals surface area contributed by atoms with E-state index < -0.39 is 18.0 Å². The quantitative estimate of drug-likeness (QED) is 0.171. The molecule has 0 bridgehead atoms. The third-order valence-corrected chi connectivity index (χ3v) is 3.65. The third kappa shape index (κ3) is 7.53. The van der Waals surface area contributed by atoms with E-state index >= 15 is 0 Å². The molecule has 0 unspecified atom stereocenters. The molecule has 1 aromatic carbocycles. The fourth-order valence-corrected chi connectivity index (χ4v) is 2.26. The van der Waals surface area contributed by atoms with Crippen LogP contribution in [-0.4, -0.2) is 48.6 Å². The first kappa shape index (κ1) is 20.2. The highest BCUT2D eigenvalue weighted by atomic mass is 16.3. The molecule has 0 heterocycles. The van der Waals surface area contributed by atoms with E-state index in [0.29, 0.717) is 25.8 Å². The zero-order chi connectivity index (χ0) is 18.8. The second-order valence-corrected chi connectivity index (χ2v) is 5.62. The van der Waals surface area contributed by atoms with Gasteiger partial charge in [0.15, 0.2) is 5.96 Å². The van der Waals surface area contributed by atoms with Crippen LogP contribution in [0.2, 0.25) is 0 Å². The maximum absolute atomic E-state index is 12.4. The Balaban J connectivity index is 2.61. The molecular weight excluding hydrogens is 324 g/mol. The topological polar surface area (TPSA) is 169 Å². The van der Waals surface area contributed by atoms with E-state index in [-0.39, 0.29) is 17.6 Å². The first-order chi connectivity index (χ1) is 11.8. The number of phenols is 1. The van der Waals surface area contributed by atoms with Gasteiger partial charge in [-0.05, 0) is 44.0 Å². The minimum Gasteiger partial charge on any atom is -0.508 e. The van der Waals surface area contributed by atoms with Gasteiger partial charge in [-0.15, -0.1) is 0 Å². The number of aromatic hydroxyl groups is 1.